The molecule has 0 radical (unpaired) electrons. The van der Waals surface area contributed by atoms with Crippen molar-refractivity contribution in [3.05, 3.63) is 84.4 Å². The second kappa shape index (κ2) is 6.48. The van der Waals surface area contributed by atoms with Crippen LogP contribution in [0.2, 0.25) is 0 Å². The van der Waals surface area contributed by atoms with Gasteiger partial charge in [-0.25, -0.2) is 0 Å². The summed E-state index contributed by atoms with van der Waals surface area (Å²) in [5.74, 6) is 0.934. The lowest BCUT2D eigenvalue weighted by Crippen LogP contribution is -1.94. The van der Waals surface area contributed by atoms with Crippen LogP contribution >= 0.6 is 0 Å². The molecule has 0 unspecified atom stereocenters. The summed E-state index contributed by atoms with van der Waals surface area (Å²) in [5.41, 5.74) is 3.36. The topological polar surface area (TPSA) is 9.23 Å². The zero-order valence-corrected chi connectivity index (χ0v) is 12.9. The second-order valence-electron chi connectivity index (χ2n) is 5.42. The summed E-state index contributed by atoms with van der Waals surface area (Å²) in [6, 6.07) is 23.0. The summed E-state index contributed by atoms with van der Waals surface area (Å²) in [4.78, 5) is 0. The Morgan fingerprint density at radius 1 is 0.864 bits per heavy atom. The van der Waals surface area contributed by atoms with Gasteiger partial charge in [-0.1, -0.05) is 62.0 Å². The molecule has 1 nitrogen and oxygen atoms in total. The summed E-state index contributed by atoms with van der Waals surface area (Å²) in [5, 5.41) is 2.40. The minimum Gasteiger partial charge on any atom is -0.494 e. The minimum absolute atomic E-state index is 0.758. The molecule has 0 amide bonds. The van der Waals surface area contributed by atoms with Crippen LogP contribution in [0.1, 0.15) is 24.5 Å². The first-order valence-corrected chi connectivity index (χ1v) is 7.69. The number of hydrogen-bond donors (Lipinski definition) is 0. The van der Waals surface area contributed by atoms with Gasteiger partial charge in [0.2, 0.25) is 0 Å². The third kappa shape index (κ3) is 3.04. The first-order chi connectivity index (χ1) is 10.8. The van der Waals surface area contributed by atoms with E-state index < -0.39 is 0 Å². The summed E-state index contributed by atoms with van der Waals surface area (Å²) >= 11 is 0. The van der Waals surface area contributed by atoms with Gasteiger partial charge in [0.1, 0.15) is 5.75 Å². The molecule has 0 saturated heterocycles. The molecular formula is C21H20O. The molecule has 110 valence electrons. The first kappa shape index (κ1) is 14.4. The quantitative estimate of drug-likeness (QED) is 0.586. The van der Waals surface area contributed by atoms with E-state index in [2.05, 4.69) is 56.0 Å². The molecule has 0 N–H and O–H groups in total. The van der Waals surface area contributed by atoms with E-state index in [1.54, 1.807) is 0 Å². The summed E-state index contributed by atoms with van der Waals surface area (Å²) < 4.78 is 5.69. The molecule has 0 bridgehead atoms. The molecule has 0 aliphatic heterocycles. The first-order valence-electron chi connectivity index (χ1n) is 7.69. The van der Waals surface area contributed by atoms with Gasteiger partial charge in [0.15, 0.2) is 0 Å². The highest BCUT2D eigenvalue weighted by Gasteiger charge is 2.04. The molecule has 0 aliphatic carbocycles. The third-order valence-corrected chi connectivity index (χ3v) is 3.76. The van der Waals surface area contributed by atoms with Gasteiger partial charge in [0.05, 0.1) is 6.61 Å². The van der Waals surface area contributed by atoms with E-state index in [-0.39, 0.29) is 0 Å². The molecule has 0 spiro atoms. The number of hydrogen-bond acceptors (Lipinski definition) is 1. The largest absolute Gasteiger partial charge is 0.494 e. The molecule has 0 saturated carbocycles. The van der Waals surface area contributed by atoms with Crippen molar-refractivity contribution in [2.75, 3.05) is 6.61 Å². The summed E-state index contributed by atoms with van der Waals surface area (Å²) in [6.45, 7) is 7.11. The van der Waals surface area contributed by atoms with Gasteiger partial charge in [0.25, 0.3) is 0 Å². The SMILES string of the molecule is C=C(c1ccccc1)c1ccc2cc(OCCC)ccc2c1. The number of benzene rings is 3. The van der Waals surface area contributed by atoms with Gasteiger partial charge in [-0.15, -0.1) is 0 Å². The van der Waals surface area contributed by atoms with Crippen molar-refractivity contribution in [1.29, 1.82) is 0 Å². The van der Waals surface area contributed by atoms with Crippen LogP contribution in [0.25, 0.3) is 16.3 Å². The molecule has 3 aromatic rings. The van der Waals surface area contributed by atoms with Crippen molar-refractivity contribution in [2.24, 2.45) is 0 Å². The van der Waals surface area contributed by atoms with E-state index in [0.29, 0.717) is 0 Å². The number of rotatable bonds is 5. The van der Waals surface area contributed by atoms with Crippen molar-refractivity contribution in [3.63, 3.8) is 0 Å². The van der Waals surface area contributed by atoms with E-state index in [1.165, 1.54) is 10.8 Å². The Morgan fingerprint density at radius 3 is 2.36 bits per heavy atom. The highest BCUT2D eigenvalue weighted by Crippen LogP contribution is 2.27. The molecule has 0 atom stereocenters. The standard InChI is InChI=1S/C21H20O/c1-3-13-22-21-12-11-19-14-18(9-10-20(19)15-21)16(2)17-7-5-4-6-8-17/h4-12,14-15H,2-3,13H2,1H3. The normalized spacial score (nSPS) is 10.6. The molecule has 0 heterocycles. The molecule has 0 aliphatic rings. The van der Waals surface area contributed by atoms with Crippen LogP contribution in [0.3, 0.4) is 0 Å². The predicted molar refractivity (Wildman–Crippen MR) is 94.3 cm³/mol. The van der Waals surface area contributed by atoms with E-state index >= 15 is 0 Å². The molecular weight excluding hydrogens is 268 g/mol. The average Bonchev–Trinajstić information content (AvgIpc) is 2.59. The smallest absolute Gasteiger partial charge is 0.119 e. The van der Waals surface area contributed by atoms with Crippen molar-refractivity contribution in [2.45, 2.75) is 13.3 Å². The maximum absolute atomic E-state index is 5.69. The molecule has 3 rings (SSSR count). The average molecular weight is 288 g/mol. The Kier molecular flexibility index (Phi) is 4.24. The highest BCUT2D eigenvalue weighted by molar-refractivity contribution is 5.89. The van der Waals surface area contributed by atoms with Crippen LogP contribution in [0.15, 0.2) is 73.3 Å². The van der Waals surface area contributed by atoms with Crippen LogP contribution < -0.4 is 4.74 Å². The van der Waals surface area contributed by atoms with Crippen molar-refractivity contribution < 1.29 is 4.74 Å². The zero-order chi connectivity index (χ0) is 15.4. The lowest BCUT2D eigenvalue weighted by molar-refractivity contribution is 0.318. The maximum atomic E-state index is 5.69. The van der Waals surface area contributed by atoms with Crippen molar-refractivity contribution in [3.8, 4) is 5.75 Å². The Morgan fingerprint density at radius 2 is 1.59 bits per heavy atom. The Labute approximate surface area is 131 Å². The Bertz CT molecular complexity index is 787. The van der Waals surface area contributed by atoms with E-state index in [0.717, 1.165) is 35.5 Å². The molecule has 22 heavy (non-hydrogen) atoms. The van der Waals surface area contributed by atoms with E-state index in [1.807, 2.05) is 24.3 Å². The van der Waals surface area contributed by atoms with Crippen LogP contribution in [0, 0.1) is 0 Å². The second-order valence-corrected chi connectivity index (χ2v) is 5.42. The zero-order valence-electron chi connectivity index (χ0n) is 12.9. The molecule has 0 fully saturated rings. The molecule has 3 aromatic carbocycles. The molecule has 0 aromatic heterocycles. The van der Waals surface area contributed by atoms with Gasteiger partial charge in [0, 0.05) is 0 Å². The fraction of sp³-hybridized carbons (Fsp3) is 0.143. The van der Waals surface area contributed by atoms with Crippen LogP contribution in [0.5, 0.6) is 5.75 Å². The van der Waals surface area contributed by atoms with Gasteiger partial charge >= 0.3 is 0 Å². The van der Waals surface area contributed by atoms with Crippen molar-refractivity contribution in [1.82, 2.24) is 0 Å². The monoisotopic (exact) mass is 288 g/mol. The predicted octanol–water partition coefficient (Wildman–Crippen LogP) is 5.69. The number of fused-ring (bicyclic) bond motifs is 1. The van der Waals surface area contributed by atoms with Crippen LogP contribution in [0.4, 0.5) is 0 Å². The highest BCUT2D eigenvalue weighted by atomic mass is 16.5. The lowest BCUT2D eigenvalue weighted by atomic mass is 9.97. The van der Waals surface area contributed by atoms with Crippen LogP contribution in [-0.2, 0) is 0 Å². The lowest BCUT2D eigenvalue weighted by Gasteiger charge is -2.09. The van der Waals surface area contributed by atoms with Gasteiger partial charge in [-0.2, -0.15) is 0 Å². The fourth-order valence-electron chi connectivity index (χ4n) is 2.53. The van der Waals surface area contributed by atoms with Crippen LogP contribution in [-0.4, -0.2) is 6.61 Å². The maximum Gasteiger partial charge on any atom is 0.119 e. The fourth-order valence-corrected chi connectivity index (χ4v) is 2.53. The number of ether oxygens (including phenoxy) is 1. The molecule has 1 heteroatoms. The Hall–Kier alpha value is -2.54. The van der Waals surface area contributed by atoms with Gasteiger partial charge < -0.3 is 4.74 Å². The summed E-state index contributed by atoms with van der Waals surface area (Å²) in [7, 11) is 0. The third-order valence-electron chi connectivity index (χ3n) is 3.76. The summed E-state index contributed by atoms with van der Waals surface area (Å²) in [6.07, 6.45) is 1.02. The Balaban J connectivity index is 1.92. The van der Waals surface area contributed by atoms with E-state index in [9.17, 15) is 0 Å². The van der Waals surface area contributed by atoms with Gasteiger partial charge in [-0.3, -0.25) is 0 Å². The van der Waals surface area contributed by atoms with E-state index in [4.69, 9.17) is 4.74 Å². The minimum atomic E-state index is 0.758. The van der Waals surface area contributed by atoms with Crippen molar-refractivity contribution >= 4 is 16.3 Å². The van der Waals surface area contributed by atoms with Gasteiger partial charge in [-0.05, 0) is 52.1 Å².